The Hall–Kier alpha value is -1.90. The van der Waals surface area contributed by atoms with Gasteiger partial charge in [0.2, 0.25) is 5.91 Å². The minimum atomic E-state index is -0.918. The van der Waals surface area contributed by atoms with Gasteiger partial charge in [-0.2, -0.15) is 0 Å². The summed E-state index contributed by atoms with van der Waals surface area (Å²) in [5.74, 6) is -0.226. The molecule has 6 nitrogen and oxygen atoms in total. The van der Waals surface area contributed by atoms with Gasteiger partial charge in [-0.15, -0.1) is 0 Å². The van der Waals surface area contributed by atoms with E-state index in [1.165, 1.54) is 18.7 Å². The summed E-state index contributed by atoms with van der Waals surface area (Å²) < 4.78 is 18.1. The lowest BCUT2D eigenvalue weighted by molar-refractivity contribution is -0.306. The quantitative estimate of drug-likeness (QED) is 0.820. The number of amides is 1. The molecule has 2 saturated heterocycles. The average Bonchev–Trinajstić information content (AvgIpc) is 2.72. The summed E-state index contributed by atoms with van der Waals surface area (Å²) in [6, 6.07) is 18.7. The van der Waals surface area contributed by atoms with Crippen molar-refractivity contribution in [3.63, 3.8) is 0 Å². The Morgan fingerprint density at radius 2 is 1.75 bits per heavy atom. The van der Waals surface area contributed by atoms with E-state index in [0.717, 1.165) is 10.5 Å². The number of nitrogens with one attached hydrogen (secondary N) is 1. The van der Waals surface area contributed by atoms with Crippen LogP contribution in [0.15, 0.2) is 65.6 Å². The maximum atomic E-state index is 11.7. The molecule has 0 unspecified atom stereocenters. The zero-order valence-electron chi connectivity index (χ0n) is 15.4. The molecule has 2 heterocycles. The molecule has 0 aliphatic carbocycles. The fourth-order valence-corrected chi connectivity index (χ4v) is 4.65. The van der Waals surface area contributed by atoms with E-state index in [2.05, 4.69) is 5.32 Å². The fraction of sp³-hybridized carbons (Fsp3) is 0.381. The van der Waals surface area contributed by atoms with Crippen molar-refractivity contribution in [2.45, 2.75) is 47.9 Å². The topological polar surface area (TPSA) is 77.0 Å². The van der Waals surface area contributed by atoms with Crippen LogP contribution >= 0.6 is 11.8 Å². The van der Waals surface area contributed by atoms with Crippen LogP contribution in [0.3, 0.4) is 0 Å². The number of carbonyl (C=O) groups excluding carboxylic acids is 1. The highest BCUT2D eigenvalue weighted by molar-refractivity contribution is 7.99. The van der Waals surface area contributed by atoms with Gasteiger partial charge in [0.1, 0.15) is 23.7 Å². The van der Waals surface area contributed by atoms with E-state index < -0.39 is 36.1 Å². The molecule has 7 heteroatoms. The van der Waals surface area contributed by atoms with Gasteiger partial charge in [0, 0.05) is 17.4 Å². The summed E-state index contributed by atoms with van der Waals surface area (Å²) in [5.41, 5.74) is 0.424. The van der Waals surface area contributed by atoms with Crippen LogP contribution in [-0.2, 0) is 19.0 Å². The third-order valence-corrected chi connectivity index (χ3v) is 5.98. The van der Waals surface area contributed by atoms with E-state index in [0.29, 0.717) is 6.61 Å². The molecule has 1 amide bonds. The lowest BCUT2D eigenvalue weighted by Crippen LogP contribution is -2.65. The number of hydrogen-bond donors (Lipinski definition) is 2. The third kappa shape index (κ3) is 4.24. The van der Waals surface area contributed by atoms with Crippen LogP contribution in [0.4, 0.5) is 0 Å². The SMILES string of the molecule is CC(=O)N[C@@H]1[C@@H](O)[C@@H]2O[C@H](c3ccccc3)OC[C@H]2O[C@H]1Sc1ccccc1. The van der Waals surface area contributed by atoms with Crippen molar-refractivity contribution in [2.75, 3.05) is 6.61 Å². The molecule has 0 aromatic heterocycles. The predicted molar refractivity (Wildman–Crippen MR) is 105 cm³/mol. The van der Waals surface area contributed by atoms with Crippen LogP contribution in [0.25, 0.3) is 0 Å². The van der Waals surface area contributed by atoms with Gasteiger partial charge in [-0.05, 0) is 12.1 Å². The van der Waals surface area contributed by atoms with Crippen molar-refractivity contribution < 1.29 is 24.1 Å². The first-order chi connectivity index (χ1) is 13.6. The molecule has 2 aliphatic heterocycles. The smallest absolute Gasteiger partial charge is 0.217 e. The van der Waals surface area contributed by atoms with Crippen LogP contribution < -0.4 is 5.32 Å². The van der Waals surface area contributed by atoms with Gasteiger partial charge in [-0.3, -0.25) is 4.79 Å². The molecule has 2 aromatic carbocycles. The van der Waals surface area contributed by atoms with Crippen LogP contribution in [0.1, 0.15) is 18.8 Å². The first-order valence-electron chi connectivity index (χ1n) is 9.26. The molecule has 2 fully saturated rings. The van der Waals surface area contributed by atoms with Gasteiger partial charge in [-0.25, -0.2) is 0 Å². The predicted octanol–water partition coefficient (Wildman–Crippen LogP) is 2.48. The highest BCUT2D eigenvalue weighted by Gasteiger charge is 2.49. The number of fused-ring (bicyclic) bond motifs is 1. The van der Waals surface area contributed by atoms with Gasteiger partial charge < -0.3 is 24.6 Å². The molecule has 6 atom stereocenters. The minimum Gasteiger partial charge on any atom is -0.388 e. The Morgan fingerprint density at radius 1 is 1.07 bits per heavy atom. The Bertz CT molecular complexity index is 790. The van der Waals surface area contributed by atoms with Crippen LogP contribution in [0.5, 0.6) is 0 Å². The molecular weight excluding hydrogens is 378 g/mol. The van der Waals surface area contributed by atoms with Crippen molar-refractivity contribution >= 4 is 17.7 Å². The summed E-state index contributed by atoms with van der Waals surface area (Å²) in [4.78, 5) is 12.7. The normalized spacial score (nSPS) is 32.4. The Balaban J connectivity index is 1.53. The molecule has 2 N–H and O–H groups in total. The maximum absolute atomic E-state index is 11.7. The first kappa shape index (κ1) is 19.4. The monoisotopic (exact) mass is 401 g/mol. The number of benzene rings is 2. The summed E-state index contributed by atoms with van der Waals surface area (Å²) in [6.07, 6.45) is -2.50. The standard InChI is InChI=1S/C21H23NO5S/c1-13(23)22-17-18(24)19-16(26-21(17)28-15-10-6-3-7-11-15)12-25-20(27-19)14-8-4-2-5-9-14/h2-11,16-21,24H,12H2,1H3,(H,22,23)/t16-,17-,18-,19-,20-,21+/m1/s1. The second kappa shape index (κ2) is 8.63. The van der Waals surface area contributed by atoms with E-state index >= 15 is 0 Å². The summed E-state index contributed by atoms with van der Waals surface area (Å²) in [6.45, 7) is 1.74. The number of aliphatic hydroxyl groups excluding tert-OH is 1. The highest BCUT2D eigenvalue weighted by atomic mass is 32.2. The number of ether oxygens (including phenoxy) is 3. The van der Waals surface area contributed by atoms with Crippen molar-refractivity contribution in [3.05, 3.63) is 66.2 Å². The number of carbonyl (C=O) groups is 1. The van der Waals surface area contributed by atoms with Gasteiger partial charge in [0.05, 0.1) is 12.6 Å². The molecule has 0 bridgehead atoms. The second-order valence-corrected chi connectivity index (χ2v) is 8.04. The number of thioether (sulfide) groups is 1. The Labute approximate surface area is 168 Å². The van der Waals surface area contributed by atoms with Gasteiger partial charge in [0.25, 0.3) is 0 Å². The summed E-state index contributed by atoms with van der Waals surface area (Å²) >= 11 is 1.46. The average molecular weight is 401 g/mol. The van der Waals surface area contributed by atoms with E-state index in [1.807, 2.05) is 60.7 Å². The molecule has 148 valence electrons. The molecule has 0 radical (unpaired) electrons. The molecule has 28 heavy (non-hydrogen) atoms. The van der Waals surface area contributed by atoms with Crippen LogP contribution in [0, 0.1) is 0 Å². The molecule has 4 rings (SSSR count). The van der Waals surface area contributed by atoms with E-state index in [4.69, 9.17) is 14.2 Å². The van der Waals surface area contributed by atoms with Crippen molar-refractivity contribution in [2.24, 2.45) is 0 Å². The lowest BCUT2D eigenvalue weighted by Gasteiger charge is -2.47. The summed E-state index contributed by atoms with van der Waals surface area (Å²) in [7, 11) is 0. The van der Waals surface area contributed by atoms with Gasteiger partial charge >= 0.3 is 0 Å². The Morgan fingerprint density at radius 3 is 2.43 bits per heavy atom. The minimum absolute atomic E-state index is 0.226. The second-order valence-electron chi connectivity index (χ2n) is 6.87. The molecule has 0 saturated carbocycles. The maximum Gasteiger partial charge on any atom is 0.217 e. The van der Waals surface area contributed by atoms with E-state index in [9.17, 15) is 9.90 Å². The third-order valence-electron chi connectivity index (χ3n) is 4.80. The molecule has 2 aromatic rings. The van der Waals surface area contributed by atoms with Gasteiger partial charge in [-0.1, -0.05) is 60.3 Å². The lowest BCUT2D eigenvalue weighted by atomic mass is 9.96. The Kier molecular flexibility index (Phi) is 5.99. The van der Waals surface area contributed by atoms with Crippen molar-refractivity contribution in [3.8, 4) is 0 Å². The number of rotatable bonds is 4. The zero-order valence-corrected chi connectivity index (χ0v) is 16.2. The van der Waals surface area contributed by atoms with Gasteiger partial charge in [0.15, 0.2) is 6.29 Å². The molecule has 2 aliphatic rings. The van der Waals surface area contributed by atoms with Crippen LogP contribution in [0.2, 0.25) is 0 Å². The van der Waals surface area contributed by atoms with Crippen molar-refractivity contribution in [1.82, 2.24) is 5.32 Å². The largest absolute Gasteiger partial charge is 0.388 e. The molecular formula is C21H23NO5S. The number of aliphatic hydroxyl groups is 1. The first-order valence-corrected chi connectivity index (χ1v) is 10.1. The highest BCUT2D eigenvalue weighted by Crippen LogP contribution is 2.38. The summed E-state index contributed by atoms with van der Waals surface area (Å²) in [5, 5.41) is 13.9. The fourth-order valence-electron chi connectivity index (χ4n) is 3.49. The molecule has 0 spiro atoms. The van der Waals surface area contributed by atoms with E-state index in [1.54, 1.807) is 0 Å². The van der Waals surface area contributed by atoms with Crippen molar-refractivity contribution in [1.29, 1.82) is 0 Å². The number of hydrogen-bond acceptors (Lipinski definition) is 6. The van der Waals surface area contributed by atoms with Crippen LogP contribution in [-0.4, -0.2) is 47.4 Å². The zero-order chi connectivity index (χ0) is 19.5. The van der Waals surface area contributed by atoms with E-state index in [-0.39, 0.29) is 5.91 Å².